The van der Waals surface area contributed by atoms with Gasteiger partial charge in [-0.3, -0.25) is 0 Å². The maximum absolute atomic E-state index is 5.63. The van der Waals surface area contributed by atoms with Crippen LogP contribution in [0.5, 0.6) is 0 Å². The summed E-state index contributed by atoms with van der Waals surface area (Å²) in [5.41, 5.74) is 4.08. The Morgan fingerprint density at radius 2 is 2.08 bits per heavy atom. The van der Waals surface area contributed by atoms with Gasteiger partial charge in [-0.1, -0.05) is 18.2 Å². The molecule has 0 N–H and O–H groups in total. The fraction of sp³-hybridized carbons (Fsp3) is 0.500. The topological polar surface area (TPSA) is 9.23 Å². The van der Waals surface area contributed by atoms with Gasteiger partial charge in [-0.05, 0) is 43.4 Å². The Hall–Kier alpha value is -0.820. The molecule has 1 aliphatic rings. The van der Waals surface area contributed by atoms with Gasteiger partial charge in [0.25, 0.3) is 0 Å². The van der Waals surface area contributed by atoms with Gasteiger partial charge in [0.1, 0.15) is 0 Å². The number of aryl methyl sites for hydroxylation is 2. The van der Waals surface area contributed by atoms with Crippen LogP contribution >= 0.6 is 0 Å². The third kappa shape index (κ3) is 1.75. The molecule has 1 heteroatoms. The van der Waals surface area contributed by atoms with Crippen molar-refractivity contribution in [2.75, 3.05) is 6.61 Å². The van der Waals surface area contributed by atoms with E-state index in [2.05, 4.69) is 32.0 Å². The van der Waals surface area contributed by atoms with Crippen LogP contribution in [0.25, 0.3) is 0 Å². The first-order chi connectivity index (χ1) is 6.27. The standard InChI is InChI=1S/C12H16O/c1-9-5-6-11(8-10(9)2)12-4-3-7-13-12/h5-6,8,12H,3-4,7H2,1-2H3. The first-order valence-corrected chi connectivity index (χ1v) is 4.96. The van der Waals surface area contributed by atoms with Gasteiger partial charge in [0.2, 0.25) is 0 Å². The highest BCUT2D eigenvalue weighted by molar-refractivity contribution is 5.31. The van der Waals surface area contributed by atoms with Gasteiger partial charge in [-0.15, -0.1) is 0 Å². The summed E-state index contributed by atoms with van der Waals surface area (Å²) in [5, 5.41) is 0. The highest BCUT2D eigenvalue weighted by Gasteiger charge is 2.17. The van der Waals surface area contributed by atoms with Gasteiger partial charge >= 0.3 is 0 Å². The Morgan fingerprint density at radius 1 is 1.23 bits per heavy atom. The highest BCUT2D eigenvalue weighted by Crippen LogP contribution is 2.29. The summed E-state index contributed by atoms with van der Waals surface area (Å²) < 4.78 is 5.63. The molecule has 1 nitrogen and oxygen atoms in total. The van der Waals surface area contributed by atoms with E-state index in [4.69, 9.17) is 4.74 Å². The van der Waals surface area contributed by atoms with Crippen molar-refractivity contribution in [3.05, 3.63) is 34.9 Å². The predicted octanol–water partition coefficient (Wildman–Crippen LogP) is 3.15. The highest BCUT2D eigenvalue weighted by atomic mass is 16.5. The lowest BCUT2D eigenvalue weighted by Crippen LogP contribution is -1.96. The summed E-state index contributed by atoms with van der Waals surface area (Å²) in [7, 11) is 0. The second kappa shape index (κ2) is 3.51. The molecule has 0 amide bonds. The van der Waals surface area contributed by atoms with Crippen molar-refractivity contribution in [2.24, 2.45) is 0 Å². The van der Waals surface area contributed by atoms with Gasteiger partial charge < -0.3 is 4.74 Å². The van der Waals surface area contributed by atoms with Crippen molar-refractivity contribution in [2.45, 2.75) is 32.8 Å². The molecule has 1 heterocycles. The molecule has 0 radical (unpaired) electrons. The summed E-state index contributed by atoms with van der Waals surface area (Å²) in [6.07, 6.45) is 2.75. The van der Waals surface area contributed by atoms with Crippen LogP contribution in [-0.2, 0) is 4.74 Å². The Bertz CT molecular complexity index is 298. The molecule has 1 aliphatic heterocycles. The third-order valence-electron chi connectivity index (χ3n) is 2.83. The summed E-state index contributed by atoms with van der Waals surface area (Å²) in [5.74, 6) is 0. The molecule has 0 aromatic heterocycles. The lowest BCUT2D eigenvalue weighted by Gasteiger charge is -2.11. The maximum Gasteiger partial charge on any atom is 0.0825 e. The molecular weight excluding hydrogens is 160 g/mol. The SMILES string of the molecule is Cc1ccc(C2CCCO2)cc1C. The number of rotatable bonds is 1. The smallest absolute Gasteiger partial charge is 0.0825 e. The van der Waals surface area contributed by atoms with Gasteiger partial charge in [0, 0.05) is 6.61 Å². The summed E-state index contributed by atoms with van der Waals surface area (Å²) in [6, 6.07) is 6.63. The number of hydrogen-bond donors (Lipinski definition) is 0. The molecular formula is C12H16O. The van der Waals surface area contributed by atoms with Crippen molar-refractivity contribution in [3.63, 3.8) is 0 Å². The lowest BCUT2D eigenvalue weighted by atomic mass is 10.0. The van der Waals surface area contributed by atoms with Crippen molar-refractivity contribution in [3.8, 4) is 0 Å². The van der Waals surface area contributed by atoms with E-state index in [0.717, 1.165) is 6.61 Å². The molecule has 0 aliphatic carbocycles. The molecule has 2 rings (SSSR count). The maximum atomic E-state index is 5.63. The quantitative estimate of drug-likeness (QED) is 0.638. The van der Waals surface area contributed by atoms with E-state index in [1.54, 1.807) is 0 Å². The van der Waals surface area contributed by atoms with Crippen LogP contribution in [-0.4, -0.2) is 6.61 Å². The number of hydrogen-bond acceptors (Lipinski definition) is 1. The average Bonchev–Trinajstić information content (AvgIpc) is 2.62. The first-order valence-electron chi connectivity index (χ1n) is 4.96. The average molecular weight is 176 g/mol. The minimum atomic E-state index is 0.360. The number of benzene rings is 1. The minimum Gasteiger partial charge on any atom is -0.374 e. The van der Waals surface area contributed by atoms with Gasteiger partial charge in [0.15, 0.2) is 0 Å². The van der Waals surface area contributed by atoms with Crippen LogP contribution in [0.3, 0.4) is 0 Å². The first kappa shape index (κ1) is 8.76. The third-order valence-corrected chi connectivity index (χ3v) is 2.83. The molecule has 70 valence electrons. The molecule has 1 aromatic rings. The van der Waals surface area contributed by atoms with E-state index in [1.165, 1.54) is 29.5 Å². The zero-order chi connectivity index (χ0) is 9.26. The summed E-state index contributed by atoms with van der Waals surface area (Å²) >= 11 is 0. The monoisotopic (exact) mass is 176 g/mol. The zero-order valence-corrected chi connectivity index (χ0v) is 8.34. The van der Waals surface area contributed by atoms with Crippen molar-refractivity contribution >= 4 is 0 Å². The molecule has 1 atom stereocenters. The summed E-state index contributed by atoms with van der Waals surface area (Å²) in [6.45, 7) is 5.24. The second-order valence-corrected chi connectivity index (χ2v) is 3.85. The zero-order valence-electron chi connectivity index (χ0n) is 8.34. The van der Waals surface area contributed by atoms with Crippen molar-refractivity contribution < 1.29 is 4.74 Å². The van der Waals surface area contributed by atoms with Crippen LogP contribution in [0.2, 0.25) is 0 Å². The van der Waals surface area contributed by atoms with Crippen LogP contribution in [0, 0.1) is 13.8 Å². The molecule has 1 unspecified atom stereocenters. The van der Waals surface area contributed by atoms with Crippen molar-refractivity contribution in [1.82, 2.24) is 0 Å². The molecule has 1 aromatic carbocycles. The van der Waals surface area contributed by atoms with E-state index in [9.17, 15) is 0 Å². The molecule has 1 saturated heterocycles. The van der Waals surface area contributed by atoms with Gasteiger partial charge in [0.05, 0.1) is 6.10 Å². The largest absolute Gasteiger partial charge is 0.374 e. The van der Waals surface area contributed by atoms with E-state index in [0.29, 0.717) is 6.10 Å². The predicted molar refractivity (Wildman–Crippen MR) is 53.8 cm³/mol. The molecule has 0 bridgehead atoms. The fourth-order valence-corrected chi connectivity index (χ4v) is 1.81. The molecule has 1 fully saturated rings. The van der Waals surface area contributed by atoms with Crippen LogP contribution in [0.15, 0.2) is 18.2 Å². The normalized spacial score (nSPS) is 22.2. The Kier molecular flexibility index (Phi) is 2.36. The Morgan fingerprint density at radius 3 is 2.69 bits per heavy atom. The van der Waals surface area contributed by atoms with Gasteiger partial charge in [-0.2, -0.15) is 0 Å². The summed E-state index contributed by atoms with van der Waals surface area (Å²) in [4.78, 5) is 0. The van der Waals surface area contributed by atoms with E-state index >= 15 is 0 Å². The Balaban J connectivity index is 2.25. The van der Waals surface area contributed by atoms with E-state index in [-0.39, 0.29) is 0 Å². The minimum absolute atomic E-state index is 0.360. The van der Waals surface area contributed by atoms with E-state index in [1.807, 2.05) is 0 Å². The van der Waals surface area contributed by atoms with Crippen LogP contribution in [0.1, 0.15) is 35.6 Å². The second-order valence-electron chi connectivity index (χ2n) is 3.85. The van der Waals surface area contributed by atoms with Crippen LogP contribution in [0.4, 0.5) is 0 Å². The molecule has 0 saturated carbocycles. The molecule has 13 heavy (non-hydrogen) atoms. The lowest BCUT2D eigenvalue weighted by molar-refractivity contribution is 0.112. The van der Waals surface area contributed by atoms with Gasteiger partial charge in [-0.25, -0.2) is 0 Å². The molecule has 0 spiro atoms. The van der Waals surface area contributed by atoms with Crippen molar-refractivity contribution in [1.29, 1.82) is 0 Å². The fourth-order valence-electron chi connectivity index (χ4n) is 1.81. The number of ether oxygens (including phenoxy) is 1. The van der Waals surface area contributed by atoms with Crippen LogP contribution < -0.4 is 0 Å². The van der Waals surface area contributed by atoms with E-state index < -0.39 is 0 Å². The Labute approximate surface area is 79.7 Å².